The highest BCUT2D eigenvalue weighted by Gasteiger charge is 2.29. The first-order chi connectivity index (χ1) is 24.7. The SMILES string of the molecule is O=C(CCP(c1ccccc1)c1ccccc1)N[C@@H](c1ccccc1)[C@@H](NC(=O)CCP(c1ccccc1)c1ccccc1)c1ccccc1. The highest BCUT2D eigenvalue weighted by atomic mass is 31.1. The van der Waals surface area contributed by atoms with E-state index in [0.29, 0.717) is 12.8 Å². The highest BCUT2D eigenvalue weighted by Crippen LogP contribution is 2.36. The summed E-state index contributed by atoms with van der Waals surface area (Å²) in [6.45, 7) is 0. The second-order valence-corrected chi connectivity index (χ2v) is 16.7. The van der Waals surface area contributed by atoms with E-state index in [4.69, 9.17) is 0 Å². The largest absolute Gasteiger partial charge is 0.347 e. The third-order valence-electron chi connectivity index (χ3n) is 8.68. The lowest BCUT2D eigenvalue weighted by atomic mass is 9.93. The highest BCUT2D eigenvalue weighted by molar-refractivity contribution is 7.73. The molecule has 0 aliphatic rings. The molecule has 6 heteroatoms. The summed E-state index contributed by atoms with van der Waals surface area (Å²) >= 11 is 0. The van der Waals surface area contributed by atoms with E-state index < -0.39 is 27.9 Å². The molecule has 0 unspecified atom stereocenters. The lowest BCUT2D eigenvalue weighted by Crippen LogP contribution is -2.41. The standard InChI is InChI=1S/C44H42N2O2P2/c47-41(31-33-49(37-23-11-3-12-24-37)38-25-13-4-14-26-38)45-43(35-19-7-1-8-20-35)44(36-21-9-2-10-22-36)46-42(48)32-34-50(39-27-15-5-16-28-39)40-29-17-6-18-30-40/h1-30,43-44H,31-34H2,(H,45,47)(H,46,48)/t43-,44-/m0/s1. The van der Waals surface area contributed by atoms with Gasteiger partial charge in [-0.05, 0) is 60.5 Å². The lowest BCUT2D eigenvalue weighted by Gasteiger charge is -2.30. The van der Waals surface area contributed by atoms with Crippen molar-refractivity contribution < 1.29 is 9.59 Å². The number of benzene rings is 6. The van der Waals surface area contributed by atoms with Gasteiger partial charge in [-0.1, -0.05) is 182 Å². The van der Waals surface area contributed by atoms with Crippen LogP contribution >= 0.6 is 15.8 Å². The van der Waals surface area contributed by atoms with Gasteiger partial charge < -0.3 is 10.6 Å². The Bertz CT molecular complexity index is 1670. The molecule has 0 aliphatic carbocycles. The fourth-order valence-electron chi connectivity index (χ4n) is 6.20. The van der Waals surface area contributed by atoms with Crippen molar-refractivity contribution in [3.8, 4) is 0 Å². The minimum absolute atomic E-state index is 0.0370. The number of hydrogen-bond acceptors (Lipinski definition) is 2. The van der Waals surface area contributed by atoms with E-state index in [9.17, 15) is 9.59 Å². The molecule has 2 atom stereocenters. The van der Waals surface area contributed by atoms with Gasteiger partial charge in [0.15, 0.2) is 0 Å². The first kappa shape index (κ1) is 35.0. The molecule has 0 saturated carbocycles. The van der Waals surface area contributed by atoms with Crippen LogP contribution in [0.25, 0.3) is 0 Å². The molecule has 4 nitrogen and oxygen atoms in total. The Balaban J connectivity index is 1.22. The van der Waals surface area contributed by atoms with Crippen LogP contribution in [0.15, 0.2) is 182 Å². The molecule has 2 amide bonds. The summed E-state index contributed by atoms with van der Waals surface area (Å²) in [4.78, 5) is 27.9. The topological polar surface area (TPSA) is 58.2 Å². The maximum atomic E-state index is 13.9. The molecule has 6 rings (SSSR count). The van der Waals surface area contributed by atoms with E-state index in [1.54, 1.807) is 0 Å². The lowest BCUT2D eigenvalue weighted by molar-refractivity contribution is -0.124. The zero-order valence-corrected chi connectivity index (χ0v) is 29.8. The number of nitrogens with one attached hydrogen (secondary N) is 2. The number of rotatable bonds is 15. The summed E-state index contributed by atoms with van der Waals surface area (Å²) in [6, 6.07) is 61.0. The van der Waals surface area contributed by atoms with Crippen molar-refractivity contribution in [1.82, 2.24) is 10.6 Å². The molecule has 2 N–H and O–H groups in total. The van der Waals surface area contributed by atoms with E-state index in [-0.39, 0.29) is 11.8 Å². The molecule has 50 heavy (non-hydrogen) atoms. The van der Waals surface area contributed by atoms with Crippen LogP contribution < -0.4 is 31.9 Å². The van der Waals surface area contributed by atoms with Crippen LogP contribution in [-0.4, -0.2) is 24.1 Å². The van der Waals surface area contributed by atoms with Crippen LogP contribution in [0.3, 0.4) is 0 Å². The molecule has 0 spiro atoms. The summed E-state index contributed by atoms with van der Waals surface area (Å²) < 4.78 is 0. The smallest absolute Gasteiger partial charge is 0.220 e. The van der Waals surface area contributed by atoms with Crippen LogP contribution in [0, 0.1) is 0 Å². The number of hydrogen-bond donors (Lipinski definition) is 2. The molecule has 0 fully saturated rings. The van der Waals surface area contributed by atoms with E-state index in [0.717, 1.165) is 23.5 Å². The molecule has 6 aromatic rings. The molecule has 0 saturated heterocycles. The van der Waals surface area contributed by atoms with Gasteiger partial charge >= 0.3 is 0 Å². The van der Waals surface area contributed by atoms with E-state index in [1.807, 2.05) is 84.9 Å². The average Bonchev–Trinajstić information content (AvgIpc) is 3.19. The Morgan fingerprint density at radius 3 is 0.880 bits per heavy atom. The van der Waals surface area contributed by atoms with Gasteiger partial charge in [0, 0.05) is 12.8 Å². The van der Waals surface area contributed by atoms with E-state index >= 15 is 0 Å². The molecule has 250 valence electrons. The zero-order chi connectivity index (χ0) is 34.4. The summed E-state index contributed by atoms with van der Waals surface area (Å²) in [5.74, 6) is -0.0739. The van der Waals surface area contributed by atoms with Crippen molar-refractivity contribution in [2.75, 3.05) is 12.3 Å². The van der Waals surface area contributed by atoms with Gasteiger partial charge in [-0.15, -0.1) is 0 Å². The Labute approximate surface area is 298 Å². The summed E-state index contributed by atoms with van der Waals surface area (Å²) in [6.07, 6.45) is 2.18. The molecular weight excluding hydrogens is 650 g/mol. The summed E-state index contributed by atoms with van der Waals surface area (Å²) in [5.41, 5.74) is 1.89. The second-order valence-electron chi connectivity index (χ2n) is 12.1. The molecule has 0 bridgehead atoms. The van der Waals surface area contributed by atoms with Gasteiger partial charge in [-0.2, -0.15) is 0 Å². The molecule has 0 aliphatic heterocycles. The van der Waals surface area contributed by atoms with Crippen molar-refractivity contribution in [2.24, 2.45) is 0 Å². The Hall–Kier alpha value is -4.88. The van der Waals surface area contributed by atoms with Gasteiger partial charge in [-0.3, -0.25) is 9.59 Å². The Morgan fingerprint density at radius 1 is 0.380 bits per heavy atom. The van der Waals surface area contributed by atoms with Crippen LogP contribution in [-0.2, 0) is 9.59 Å². The molecule has 0 radical (unpaired) electrons. The fraction of sp³-hybridized carbons (Fsp3) is 0.136. The van der Waals surface area contributed by atoms with Crippen molar-refractivity contribution in [3.05, 3.63) is 193 Å². The van der Waals surface area contributed by atoms with E-state index in [2.05, 4.69) is 108 Å². The molecular formula is C44H42N2O2P2. The molecule has 6 aromatic carbocycles. The quantitative estimate of drug-likeness (QED) is 0.108. The predicted octanol–water partition coefficient (Wildman–Crippen LogP) is 7.75. The van der Waals surface area contributed by atoms with Gasteiger partial charge in [0.25, 0.3) is 0 Å². The van der Waals surface area contributed by atoms with Gasteiger partial charge in [0.2, 0.25) is 11.8 Å². The molecule has 0 aromatic heterocycles. The maximum absolute atomic E-state index is 13.9. The monoisotopic (exact) mass is 692 g/mol. The van der Waals surface area contributed by atoms with Gasteiger partial charge in [0.05, 0.1) is 12.1 Å². The number of amides is 2. The Morgan fingerprint density at radius 2 is 0.620 bits per heavy atom. The normalized spacial score (nSPS) is 12.3. The van der Waals surface area contributed by atoms with Crippen LogP contribution in [0.4, 0.5) is 0 Å². The summed E-state index contributed by atoms with van der Waals surface area (Å²) in [5, 5.41) is 11.8. The predicted molar refractivity (Wildman–Crippen MR) is 212 cm³/mol. The fourth-order valence-corrected chi connectivity index (χ4v) is 10.8. The van der Waals surface area contributed by atoms with Crippen molar-refractivity contribution in [1.29, 1.82) is 0 Å². The third-order valence-corrected chi connectivity index (χ3v) is 13.7. The average molecular weight is 693 g/mol. The van der Waals surface area contributed by atoms with Crippen molar-refractivity contribution >= 4 is 48.9 Å². The van der Waals surface area contributed by atoms with Crippen molar-refractivity contribution in [2.45, 2.75) is 24.9 Å². The number of carbonyl (C=O) groups excluding carboxylic acids is 2. The van der Waals surface area contributed by atoms with Gasteiger partial charge in [-0.25, -0.2) is 0 Å². The van der Waals surface area contributed by atoms with Crippen molar-refractivity contribution in [3.63, 3.8) is 0 Å². The third kappa shape index (κ3) is 9.63. The molecule has 0 heterocycles. The summed E-state index contributed by atoms with van der Waals surface area (Å²) in [7, 11) is -1.43. The maximum Gasteiger partial charge on any atom is 0.220 e. The zero-order valence-electron chi connectivity index (χ0n) is 28.0. The van der Waals surface area contributed by atoms with Gasteiger partial charge in [0.1, 0.15) is 0 Å². The van der Waals surface area contributed by atoms with E-state index in [1.165, 1.54) is 21.2 Å². The second kappa shape index (κ2) is 18.2. The first-order valence-corrected chi connectivity index (χ1v) is 20.1. The Kier molecular flexibility index (Phi) is 12.7. The minimum atomic E-state index is -0.714. The first-order valence-electron chi connectivity index (χ1n) is 17.1. The van der Waals surface area contributed by atoms with Crippen LogP contribution in [0.1, 0.15) is 36.1 Å². The van der Waals surface area contributed by atoms with Crippen LogP contribution in [0.2, 0.25) is 0 Å². The minimum Gasteiger partial charge on any atom is -0.347 e. The number of carbonyl (C=O) groups is 2. The van der Waals surface area contributed by atoms with Crippen LogP contribution in [0.5, 0.6) is 0 Å².